The average molecular weight is 298 g/mol. The van der Waals surface area contributed by atoms with Crippen molar-refractivity contribution in [2.45, 2.75) is 33.2 Å². The van der Waals surface area contributed by atoms with Gasteiger partial charge in [0, 0.05) is 23.2 Å². The van der Waals surface area contributed by atoms with Gasteiger partial charge in [-0.2, -0.15) is 0 Å². The third-order valence-corrected chi connectivity index (χ3v) is 2.75. The molecule has 0 radical (unpaired) electrons. The molecule has 112 valence electrons. The van der Waals surface area contributed by atoms with Crippen molar-refractivity contribution in [1.82, 2.24) is 5.32 Å². The van der Waals surface area contributed by atoms with Crippen molar-refractivity contribution in [2.75, 3.05) is 19.8 Å². The van der Waals surface area contributed by atoms with E-state index in [0.29, 0.717) is 18.2 Å². The summed E-state index contributed by atoms with van der Waals surface area (Å²) in [6, 6.07) is 5.92. The van der Waals surface area contributed by atoms with Gasteiger partial charge < -0.3 is 14.8 Å². The molecule has 0 amide bonds. The van der Waals surface area contributed by atoms with Crippen LogP contribution in [0.1, 0.15) is 32.3 Å². The Bertz CT molecular complexity index is 421. The molecule has 0 unspecified atom stereocenters. The highest BCUT2D eigenvalue weighted by Gasteiger charge is 2.06. The highest BCUT2D eigenvalue weighted by molar-refractivity contribution is 6.29. The Labute approximate surface area is 126 Å². The largest absolute Gasteiger partial charge is 0.493 e. The van der Waals surface area contributed by atoms with Crippen molar-refractivity contribution in [3.8, 4) is 11.5 Å². The number of rotatable bonds is 10. The number of nitrogens with one attached hydrogen (secondary N) is 1. The molecule has 0 aliphatic carbocycles. The Hall–Kier alpha value is -1.19. The van der Waals surface area contributed by atoms with E-state index in [9.17, 15) is 0 Å². The molecule has 0 aromatic heterocycles. The second-order valence-electron chi connectivity index (χ2n) is 4.60. The predicted molar refractivity (Wildman–Crippen MR) is 84.7 cm³/mol. The fraction of sp³-hybridized carbons (Fsp3) is 0.500. The molecule has 0 bridgehead atoms. The van der Waals surface area contributed by atoms with Crippen molar-refractivity contribution >= 4 is 11.6 Å². The monoisotopic (exact) mass is 297 g/mol. The first kappa shape index (κ1) is 16.9. The summed E-state index contributed by atoms with van der Waals surface area (Å²) in [5, 5.41) is 3.85. The molecule has 1 aromatic carbocycles. The van der Waals surface area contributed by atoms with Crippen LogP contribution in [-0.2, 0) is 6.54 Å². The molecule has 0 aliphatic rings. The van der Waals surface area contributed by atoms with Gasteiger partial charge in [-0.15, -0.1) is 0 Å². The lowest BCUT2D eigenvalue weighted by Crippen LogP contribution is -2.15. The molecule has 0 heterocycles. The van der Waals surface area contributed by atoms with E-state index in [1.54, 1.807) is 0 Å². The molecule has 0 saturated carbocycles. The first-order valence-electron chi connectivity index (χ1n) is 7.09. The van der Waals surface area contributed by atoms with Gasteiger partial charge in [-0.1, -0.05) is 38.1 Å². The third-order valence-electron chi connectivity index (χ3n) is 2.64. The standard InChI is InChI=1S/C16H24ClNO2/c1-4-8-18-11-14-6-7-15(19-9-5-2)10-16(14)20-12-13(3)17/h6-7,10,18H,3-5,8-9,11-12H2,1-2H3. The summed E-state index contributed by atoms with van der Waals surface area (Å²) in [5.74, 6) is 1.62. The molecule has 0 spiro atoms. The van der Waals surface area contributed by atoms with E-state index in [1.165, 1.54) is 0 Å². The third kappa shape index (κ3) is 6.31. The van der Waals surface area contributed by atoms with Crippen LogP contribution in [0.15, 0.2) is 29.8 Å². The second kappa shape index (κ2) is 9.67. The molecule has 1 N–H and O–H groups in total. The zero-order chi connectivity index (χ0) is 14.8. The van der Waals surface area contributed by atoms with E-state index in [0.717, 1.165) is 43.0 Å². The molecule has 1 aromatic rings. The maximum atomic E-state index is 5.76. The maximum Gasteiger partial charge on any atom is 0.128 e. The van der Waals surface area contributed by atoms with Gasteiger partial charge in [0.2, 0.25) is 0 Å². The highest BCUT2D eigenvalue weighted by Crippen LogP contribution is 2.26. The van der Waals surface area contributed by atoms with Gasteiger partial charge in [0.05, 0.1) is 6.61 Å². The summed E-state index contributed by atoms with van der Waals surface area (Å²) in [6.07, 6.45) is 2.08. The molecule has 3 nitrogen and oxygen atoms in total. The molecule has 0 aliphatic heterocycles. The lowest BCUT2D eigenvalue weighted by atomic mass is 10.2. The van der Waals surface area contributed by atoms with Crippen LogP contribution >= 0.6 is 11.6 Å². The Morgan fingerprint density at radius 1 is 1.25 bits per heavy atom. The molecule has 4 heteroatoms. The van der Waals surface area contributed by atoms with E-state index in [1.807, 2.05) is 18.2 Å². The van der Waals surface area contributed by atoms with Crippen LogP contribution in [0.5, 0.6) is 11.5 Å². The topological polar surface area (TPSA) is 30.5 Å². The predicted octanol–water partition coefficient (Wildman–Crippen LogP) is 4.11. The zero-order valence-electron chi connectivity index (χ0n) is 12.4. The minimum atomic E-state index is 0.305. The van der Waals surface area contributed by atoms with Crippen molar-refractivity contribution in [3.05, 3.63) is 35.4 Å². The number of ether oxygens (including phenoxy) is 2. The van der Waals surface area contributed by atoms with E-state index in [-0.39, 0.29) is 0 Å². The minimum Gasteiger partial charge on any atom is -0.493 e. The van der Waals surface area contributed by atoms with Crippen LogP contribution in [0.25, 0.3) is 0 Å². The van der Waals surface area contributed by atoms with Crippen LogP contribution in [0.4, 0.5) is 0 Å². The second-order valence-corrected chi connectivity index (χ2v) is 5.14. The van der Waals surface area contributed by atoms with Gasteiger partial charge in [0.25, 0.3) is 0 Å². The van der Waals surface area contributed by atoms with E-state index in [2.05, 4.69) is 25.7 Å². The van der Waals surface area contributed by atoms with Crippen LogP contribution in [0.3, 0.4) is 0 Å². The Kier molecular flexibility index (Phi) is 8.16. The molecular formula is C16H24ClNO2. The first-order valence-corrected chi connectivity index (χ1v) is 7.47. The fourth-order valence-corrected chi connectivity index (χ4v) is 1.74. The molecule has 1 rings (SSSR count). The highest BCUT2D eigenvalue weighted by atomic mass is 35.5. The van der Waals surface area contributed by atoms with Gasteiger partial charge in [-0.05, 0) is 25.5 Å². The van der Waals surface area contributed by atoms with Gasteiger partial charge in [-0.25, -0.2) is 0 Å². The number of hydrogen-bond acceptors (Lipinski definition) is 3. The Morgan fingerprint density at radius 2 is 2.05 bits per heavy atom. The van der Waals surface area contributed by atoms with Crippen molar-refractivity contribution in [2.24, 2.45) is 0 Å². The van der Waals surface area contributed by atoms with Crippen molar-refractivity contribution < 1.29 is 9.47 Å². The van der Waals surface area contributed by atoms with Gasteiger partial charge >= 0.3 is 0 Å². The van der Waals surface area contributed by atoms with Gasteiger partial charge in [-0.3, -0.25) is 0 Å². The summed E-state index contributed by atoms with van der Waals surface area (Å²) < 4.78 is 11.3. The molecule has 0 atom stereocenters. The summed E-state index contributed by atoms with van der Waals surface area (Å²) in [6.45, 7) is 10.6. The van der Waals surface area contributed by atoms with Gasteiger partial charge in [0.15, 0.2) is 0 Å². The van der Waals surface area contributed by atoms with Crippen LogP contribution in [0, 0.1) is 0 Å². The number of hydrogen-bond donors (Lipinski definition) is 1. The lowest BCUT2D eigenvalue weighted by Gasteiger charge is -2.14. The van der Waals surface area contributed by atoms with E-state index >= 15 is 0 Å². The molecule has 0 saturated heterocycles. The first-order chi connectivity index (χ1) is 9.67. The van der Waals surface area contributed by atoms with Crippen molar-refractivity contribution in [1.29, 1.82) is 0 Å². The zero-order valence-corrected chi connectivity index (χ0v) is 13.1. The number of halogens is 1. The van der Waals surface area contributed by atoms with E-state index < -0.39 is 0 Å². The molecule has 0 fully saturated rings. The summed E-state index contributed by atoms with van der Waals surface area (Å²) >= 11 is 5.76. The molecular weight excluding hydrogens is 274 g/mol. The Balaban J connectivity index is 2.76. The van der Waals surface area contributed by atoms with Crippen LogP contribution in [-0.4, -0.2) is 19.8 Å². The summed E-state index contributed by atoms with van der Waals surface area (Å²) in [4.78, 5) is 0. The van der Waals surface area contributed by atoms with Gasteiger partial charge in [0.1, 0.15) is 18.1 Å². The average Bonchev–Trinajstić information content (AvgIpc) is 2.44. The normalized spacial score (nSPS) is 10.3. The van der Waals surface area contributed by atoms with Crippen LogP contribution in [0.2, 0.25) is 0 Å². The lowest BCUT2D eigenvalue weighted by molar-refractivity contribution is 0.310. The van der Waals surface area contributed by atoms with Crippen LogP contribution < -0.4 is 14.8 Å². The van der Waals surface area contributed by atoms with E-state index in [4.69, 9.17) is 21.1 Å². The summed E-state index contributed by atoms with van der Waals surface area (Å²) in [7, 11) is 0. The maximum absolute atomic E-state index is 5.76. The summed E-state index contributed by atoms with van der Waals surface area (Å²) in [5.41, 5.74) is 1.10. The smallest absolute Gasteiger partial charge is 0.128 e. The quantitative estimate of drug-likeness (QED) is 0.659. The Morgan fingerprint density at radius 3 is 2.70 bits per heavy atom. The SMILES string of the molecule is C=C(Cl)COc1cc(OCCC)ccc1CNCCC. The fourth-order valence-electron chi connectivity index (χ4n) is 1.68. The minimum absolute atomic E-state index is 0.305. The number of benzene rings is 1. The molecule has 20 heavy (non-hydrogen) atoms. The van der Waals surface area contributed by atoms with Crippen molar-refractivity contribution in [3.63, 3.8) is 0 Å².